The normalized spacial score (nSPS) is 14.1. The SMILES string of the molecule is O=C(CCN1CCCC1=O)Nc1c[nH]c2ccc(-c3cnn(-c4ccc(C(F)(F)F)cc4)c3)cc12. The fraction of sp³-hybridized carbons (Fsp3) is 0.240. The van der Waals surface area contributed by atoms with Crippen LogP contribution in [0.25, 0.3) is 27.7 Å². The standard InChI is InChI=1S/C25H22F3N5O2/c26-25(27,28)18-4-6-19(7-5-18)33-15-17(13-30-33)16-3-8-21-20(12-16)22(14-29-21)31-23(34)9-11-32-10-1-2-24(32)35/h3-8,12-15,29H,1-2,9-11H2,(H,31,34). The molecule has 1 fully saturated rings. The smallest absolute Gasteiger partial charge is 0.359 e. The largest absolute Gasteiger partial charge is 0.416 e. The summed E-state index contributed by atoms with van der Waals surface area (Å²) in [4.78, 5) is 29.0. The highest BCUT2D eigenvalue weighted by atomic mass is 19.4. The molecule has 7 nitrogen and oxygen atoms in total. The number of anilines is 1. The maximum absolute atomic E-state index is 12.8. The molecule has 0 radical (unpaired) electrons. The molecule has 10 heteroatoms. The molecular weight excluding hydrogens is 459 g/mol. The molecule has 2 amide bonds. The van der Waals surface area contributed by atoms with E-state index < -0.39 is 11.7 Å². The molecule has 0 saturated carbocycles. The van der Waals surface area contributed by atoms with Gasteiger partial charge in [-0.1, -0.05) is 6.07 Å². The minimum absolute atomic E-state index is 0.0892. The Hall–Kier alpha value is -4.08. The van der Waals surface area contributed by atoms with Gasteiger partial charge in [0.15, 0.2) is 0 Å². The van der Waals surface area contributed by atoms with E-state index >= 15 is 0 Å². The van der Waals surface area contributed by atoms with Gasteiger partial charge in [0.1, 0.15) is 0 Å². The van der Waals surface area contributed by atoms with Crippen LogP contribution in [0.15, 0.2) is 61.1 Å². The molecule has 0 unspecified atom stereocenters. The molecule has 1 aliphatic rings. The zero-order valence-corrected chi connectivity index (χ0v) is 18.6. The molecule has 3 heterocycles. The third-order valence-corrected chi connectivity index (χ3v) is 6.11. The van der Waals surface area contributed by atoms with Crippen molar-refractivity contribution in [3.63, 3.8) is 0 Å². The zero-order chi connectivity index (χ0) is 24.6. The summed E-state index contributed by atoms with van der Waals surface area (Å²) in [6, 6.07) is 10.5. The molecule has 1 aliphatic heterocycles. The van der Waals surface area contributed by atoms with E-state index in [-0.39, 0.29) is 18.2 Å². The summed E-state index contributed by atoms with van der Waals surface area (Å²) in [6.45, 7) is 1.10. The topological polar surface area (TPSA) is 83.0 Å². The van der Waals surface area contributed by atoms with Gasteiger partial charge < -0.3 is 15.2 Å². The van der Waals surface area contributed by atoms with E-state index in [0.717, 1.165) is 40.6 Å². The van der Waals surface area contributed by atoms with Gasteiger partial charge >= 0.3 is 6.18 Å². The fourth-order valence-electron chi connectivity index (χ4n) is 4.21. The Morgan fingerprint density at radius 3 is 2.63 bits per heavy atom. The first-order valence-corrected chi connectivity index (χ1v) is 11.2. The van der Waals surface area contributed by atoms with E-state index in [1.807, 2.05) is 18.2 Å². The van der Waals surface area contributed by atoms with Crippen molar-refractivity contribution in [2.24, 2.45) is 0 Å². The van der Waals surface area contributed by atoms with Crippen LogP contribution in [-0.4, -0.2) is 44.6 Å². The third kappa shape index (κ3) is 4.77. The average Bonchev–Trinajstić information content (AvgIpc) is 3.57. The second kappa shape index (κ2) is 8.94. The van der Waals surface area contributed by atoms with Crippen LogP contribution in [-0.2, 0) is 15.8 Å². The zero-order valence-electron chi connectivity index (χ0n) is 18.6. The number of carbonyl (C=O) groups is 2. The number of nitrogens with one attached hydrogen (secondary N) is 2. The van der Waals surface area contributed by atoms with Crippen molar-refractivity contribution in [2.75, 3.05) is 18.4 Å². The van der Waals surface area contributed by atoms with Gasteiger partial charge in [-0.05, 0) is 48.4 Å². The lowest BCUT2D eigenvalue weighted by Crippen LogP contribution is -2.28. The number of amides is 2. The number of alkyl halides is 3. The lowest BCUT2D eigenvalue weighted by atomic mass is 10.1. The molecule has 4 aromatic rings. The molecule has 0 aliphatic carbocycles. The van der Waals surface area contributed by atoms with Crippen molar-refractivity contribution in [3.8, 4) is 16.8 Å². The first-order valence-electron chi connectivity index (χ1n) is 11.2. The number of rotatable bonds is 6. The van der Waals surface area contributed by atoms with Gasteiger partial charge in [0.05, 0.1) is 23.1 Å². The summed E-state index contributed by atoms with van der Waals surface area (Å²) in [5.41, 5.74) is 2.89. The Balaban J connectivity index is 1.32. The summed E-state index contributed by atoms with van der Waals surface area (Å²) >= 11 is 0. The summed E-state index contributed by atoms with van der Waals surface area (Å²) in [5.74, 6) is -0.0856. The first kappa shape index (κ1) is 22.7. The number of H-pyrrole nitrogens is 1. The lowest BCUT2D eigenvalue weighted by Gasteiger charge is -2.14. The Morgan fingerprint density at radius 1 is 1.11 bits per heavy atom. The van der Waals surface area contributed by atoms with Crippen LogP contribution in [0.3, 0.4) is 0 Å². The van der Waals surface area contributed by atoms with Gasteiger partial charge in [-0.3, -0.25) is 9.59 Å². The first-order chi connectivity index (χ1) is 16.8. The summed E-state index contributed by atoms with van der Waals surface area (Å²) < 4.78 is 40.0. The minimum atomic E-state index is -4.39. The molecule has 1 saturated heterocycles. The van der Waals surface area contributed by atoms with Gasteiger partial charge in [-0.2, -0.15) is 18.3 Å². The number of fused-ring (bicyclic) bond motifs is 1. The van der Waals surface area contributed by atoms with E-state index in [1.54, 1.807) is 23.5 Å². The van der Waals surface area contributed by atoms with Crippen molar-refractivity contribution >= 4 is 28.4 Å². The number of nitrogens with zero attached hydrogens (tertiary/aromatic N) is 3. The number of carbonyl (C=O) groups excluding carboxylic acids is 2. The number of aromatic amines is 1. The second-order valence-electron chi connectivity index (χ2n) is 8.46. The van der Waals surface area contributed by atoms with Crippen molar-refractivity contribution < 1.29 is 22.8 Å². The molecule has 0 atom stereocenters. The van der Waals surface area contributed by atoms with Gasteiger partial charge in [0.25, 0.3) is 0 Å². The molecule has 0 bridgehead atoms. The van der Waals surface area contributed by atoms with Crippen molar-refractivity contribution in [3.05, 3.63) is 66.6 Å². The Kier molecular flexibility index (Phi) is 5.80. The molecule has 180 valence electrons. The van der Waals surface area contributed by atoms with Gasteiger partial charge in [-0.25, -0.2) is 4.68 Å². The van der Waals surface area contributed by atoms with E-state index in [9.17, 15) is 22.8 Å². The van der Waals surface area contributed by atoms with Crippen LogP contribution in [0.2, 0.25) is 0 Å². The van der Waals surface area contributed by atoms with Crippen molar-refractivity contribution in [1.82, 2.24) is 19.7 Å². The van der Waals surface area contributed by atoms with Crippen LogP contribution in [0.4, 0.5) is 18.9 Å². The summed E-state index contributed by atoms with van der Waals surface area (Å²) in [7, 11) is 0. The molecule has 2 N–H and O–H groups in total. The molecule has 5 rings (SSSR count). The van der Waals surface area contributed by atoms with E-state index in [2.05, 4.69) is 15.4 Å². The number of hydrogen-bond donors (Lipinski definition) is 2. The highest BCUT2D eigenvalue weighted by Gasteiger charge is 2.30. The van der Waals surface area contributed by atoms with Crippen LogP contribution >= 0.6 is 0 Å². The molecular formula is C25H22F3N5O2. The second-order valence-corrected chi connectivity index (χ2v) is 8.46. The van der Waals surface area contributed by atoms with Crippen LogP contribution in [0, 0.1) is 0 Å². The van der Waals surface area contributed by atoms with Gasteiger partial charge in [0, 0.05) is 54.8 Å². The van der Waals surface area contributed by atoms with E-state index in [4.69, 9.17) is 0 Å². The monoisotopic (exact) mass is 481 g/mol. The summed E-state index contributed by atoms with van der Waals surface area (Å²) in [5, 5.41) is 8.01. The van der Waals surface area contributed by atoms with Crippen LogP contribution in [0.1, 0.15) is 24.8 Å². The number of hydrogen-bond acceptors (Lipinski definition) is 3. The molecule has 0 spiro atoms. The lowest BCUT2D eigenvalue weighted by molar-refractivity contribution is -0.137. The molecule has 2 aromatic carbocycles. The summed E-state index contributed by atoms with van der Waals surface area (Å²) in [6.07, 6.45) is 2.30. The average molecular weight is 481 g/mol. The van der Waals surface area contributed by atoms with Gasteiger partial charge in [-0.15, -0.1) is 0 Å². The highest BCUT2D eigenvalue weighted by molar-refractivity contribution is 6.03. The maximum Gasteiger partial charge on any atom is 0.416 e. The third-order valence-electron chi connectivity index (χ3n) is 6.11. The number of benzene rings is 2. The minimum Gasteiger partial charge on any atom is -0.359 e. The number of likely N-dealkylation sites (tertiary alicyclic amines) is 1. The quantitative estimate of drug-likeness (QED) is 0.407. The molecule has 35 heavy (non-hydrogen) atoms. The van der Waals surface area contributed by atoms with Crippen LogP contribution in [0.5, 0.6) is 0 Å². The molecule has 2 aromatic heterocycles. The predicted octanol–water partition coefficient (Wildman–Crippen LogP) is 4.99. The number of aromatic nitrogens is 3. The van der Waals surface area contributed by atoms with Gasteiger partial charge in [0.2, 0.25) is 11.8 Å². The Morgan fingerprint density at radius 2 is 1.91 bits per heavy atom. The number of halogens is 3. The van der Waals surface area contributed by atoms with Crippen LogP contribution < -0.4 is 5.32 Å². The Labute approximate surface area is 198 Å². The van der Waals surface area contributed by atoms with E-state index in [1.165, 1.54) is 16.8 Å². The van der Waals surface area contributed by atoms with Crippen molar-refractivity contribution in [1.29, 1.82) is 0 Å². The highest BCUT2D eigenvalue weighted by Crippen LogP contribution is 2.31. The predicted molar refractivity (Wildman–Crippen MR) is 125 cm³/mol. The van der Waals surface area contributed by atoms with E-state index in [0.29, 0.717) is 30.9 Å². The van der Waals surface area contributed by atoms with Crippen molar-refractivity contribution in [2.45, 2.75) is 25.4 Å². The fourth-order valence-corrected chi connectivity index (χ4v) is 4.21. The Bertz CT molecular complexity index is 1390. The maximum atomic E-state index is 12.8.